The highest BCUT2D eigenvalue weighted by Crippen LogP contribution is 2.24. The number of carbonyl (C=O) groups excluding carboxylic acids is 1. The molecule has 0 aromatic heterocycles. The van der Waals surface area contributed by atoms with Crippen LogP contribution in [0.25, 0.3) is 0 Å². The summed E-state index contributed by atoms with van der Waals surface area (Å²) >= 11 is 0. The Morgan fingerprint density at radius 2 is 1.95 bits per heavy atom. The number of halogens is 1. The van der Waals surface area contributed by atoms with E-state index in [4.69, 9.17) is 5.73 Å². The molecule has 4 heteroatoms. The van der Waals surface area contributed by atoms with Gasteiger partial charge in [-0.15, -0.1) is 0 Å². The fraction of sp³-hybridized carbons (Fsp3) is 0.533. The fourth-order valence-electron chi connectivity index (χ4n) is 2.15. The van der Waals surface area contributed by atoms with Gasteiger partial charge >= 0.3 is 0 Å². The molecule has 1 aromatic rings. The van der Waals surface area contributed by atoms with Crippen LogP contribution in [0.1, 0.15) is 32.3 Å². The van der Waals surface area contributed by atoms with Crippen LogP contribution in [0.2, 0.25) is 0 Å². The number of amides is 1. The molecule has 19 heavy (non-hydrogen) atoms. The minimum Gasteiger partial charge on any atom is -0.355 e. The van der Waals surface area contributed by atoms with Crippen molar-refractivity contribution < 1.29 is 9.18 Å². The lowest BCUT2D eigenvalue weighted by Gasteiger charge is -2.28. The maximum atomic E-state index is 13.4. The minimum absolute atomic E-state index is 0.0312. The van der Waals surface area contributed by atoms with Crippen LogP contribution in [0, 0.1) is 11.2 Å². The average Bonchev–Trinajstić information content (AvgIpc) is 2.43. The second kappa shape index (κ2) is 7.24. The van der Waals surface area contributed by atoms with E-state index < -0.39 is 5.41 Å². The van der Waals surface area contributed by atoms with Crippen LogP contribution < -0.4 is 11.1 Å². The molecule has 0 bridgehead atoms. The molecule has 0 saturated heterocycles. The summed E-state index contributed by atoms with van der Waals surface area (Å²) < 4.78 is 13.4. The maximum absolute atomic E-state index is 13.4. The van der Waals surface area contributed by atoms with Gasteiger partial charge in [0.05, 0.1) is 5.41 Å². The predicted octanol–water partition coefficient (Wildman–Crippen LogP) is 2.25. The minimum atomic E-state index is -0.491. The molecule has 0 saturated carbocycles. The second-order valence-electron chi connectivity index (χ2n) is 4.79. The van der Waals surface area contributed by atoms with Crippen molar-refractivity contribution >= 4 is 5.91 Å². The smallest absolute Gasteiger partial charge is 0.227 e. The van der Waals surface area contributed by atoms with Crippen LogP contribution in [0.15, 0.2) is 24.3 Å². The molecular formula is C15H23FN2O. The molecule has 1 rings (SSSR count). The Balaban J connectivity index is 2.53. The summed E-state index contributed by atoms with van der Waals surface area (Å²) in [6, 6.07) is 6.62. The standard InChI is InChI=1S/C15H23FN2O/c1-3-15(4-2,11-17)14(19)18-10-9-12-7-5-6-8-13(12)16/h5-8H,3-4,9-11,17H2,1-2H3,(H,18,19). The zero-order chi connectivity index (χ0) is 14.3. The van der Waals surface area contributed by atoms with Crippen LogP contribution in [-0.2, 0) is 11.2 Å². The van der Waals surface area contributed by atoms with Crippen molar-refractivity contribution in [2.75, 3.05) is 13.1 Å². The maximum Gasteiger partial charge on any atom is 0.227 e. The van der Waals surface area contributed by atoms with Gasteiger partial charge in [-0.3, -0.25) is 4.79 Å². The summed E-state index contributed by atoms with van der Waals surface area (Å²) in [5.41, 5.74) is 5.84. The summed E-state index contributed by atoms with van der Waals surface area (Å²) in [5, 5.41) is 2.87. The van der Waals surface area contributed by atoms with E-state index in [1.54, 1.807) is 18.2 Å². The highest BCUT2D eigenvalue weighted by molar-refractivity contribution is 5.82. The number of rotatable bonds is 7. The Bertz CT molecular complexity index is 408. The van der Waals surface area contributed by atoms with Gasteiger partial charge in [0.2, 0.25) is 5.91 Å². The molecule has 1 aromatic carbocycles. The van der Waals surface area contributed by atoms with E-state index in [0.717, 1.165) is 0 Å². The molecule has 0 radical (unpaired) electrons. The molecule has 3 nitrogen and oxygen atoms in total. The van der Waals surface area contributed by atoms with Crippen molar-refractivity contribution in [3.63, 3.8) is 0 Å². The highest BCUT2D eigenvalue weighted by atomic mass is 19.1. The third-order valence-corrected chi connectivity index (χ3v) is 3.86. The van der Waals surface area contributed by atoms with Gasteiger partial charge in [-0.05, 0) is 30.9 Å². The average molecular weight is 266 g/mol. The number of nitrogens with one attached hydrogen (secondary N) is 1. The largest absolute Gasteiger partial charge is 0.355 e. The number of carbonyl (C=O) groups is 1. The Morgan fingerprint density at radius 1 is 1.32 bits per heavy atom. The van der Waals surface area contributed by atoms with Crippen LogP contribution in [0.5, 0.6) is 0 Å². The summed E-state index contributed by atoms with van der Waals surface area (Å²) in [6.07, 6.45) is 1.92. The van der Waals surface area contributed by atoms with Crippen LogP contribution >= 0.6 is 0 Å². The Kier molecular flexibility index (Phi) is 5.96. The first-order valence-corrected chi connectivity index (χ1v) is 6.81. The summed E-state index contributed by atoms with van der Waals surface area (Å²) in [4.78, 5) is 12.1. The van der Waals surface area contributed by atoms with Crippen LogP contribution in [0.3, 0.4) is 0 Å². The number of hydrogen-bond donors (Lipinski definition) is 2. The molecule has 0 atom stereocenters. The van der Waals surface area contributed by atoms with E-state index in [1.807, 2.05) is 13.8 Å². The quantitative estimate of drug-likeness (QED) is 0.795. The first-order valence-electron chi connectivity index (χ1n) is 6.81. The van der Waals surface area contributed by atoms with E-state index in [0.29, 0.717) is 37.9 Å². The van der Waals surface area contributed by atoms with Crippen LogP contribution in [0.4, 0.5) is 4.39 Å². The van der Waals surface area contributed by atoms with Crippen molar-refractivity contribution in [3.05, 3.63) is 35.6 Å². The topological polar surface area (TPSA) is 55.1 Å². The third-order valence-electron chi connectivity index (χ3n) is 3.86. The van der Waals surface area contributed by atoms with E-state index >= 15 is 0 Å². The molecule has 0 unspecified atom stereocenters. The lowest BCUT2D eigenvalue weighted by Crippen LogP contribution is -2.45. The highest BCUT2D eigenvalue weighted by Gasteiger charge is 2.32. The summed E-state index contributed by atoms with van der Waals surface area (Å²) in [5.74, 6) is -0.260. The Labute approximate surface area is 114 Å². The SMILES string of the molecule is CCC(CC)(CN)C(=O)NCCc1ccccc1F. The van der Waals surface area contributed by atoms with Crippen molar-refractivity contribution in [2.45, 2.75) is 33.1 Å². The number of hydrogen-bond acceptors (Lipinski definition) is 2. The van der Waals surface area contributed by atoms with Crippen LogP contribution in [-0.4, -0.2) is 19.0 Å². The lowest BCUT2D eigenvalue weighted by molar-refractivity contribution is -0.131. The third kappa shape index (κ3) is 3.77. The summed E-state index contributed by atoms with van der Waals surface area (Å²) in [6.45, 7) is 4.70. The molecule has 106 valence electrons. The van der Waals surface area contributed by atoms with Gasteiger partial charge in [0.15, 0.2) is 0 Å². The van der Waals surface area contributed by atoms with E-state index in [9.17, 15) is 9.18 Å². The van der Waals surface area contributed by atoms with E-state index in [-0.39, 0.29) is 11.7 Å². The van der Waals surface area contributed by atoms with Crippen molar-refractivity contribution in [1.82, 2.24) is 5.32 Å². The fourth-order valence-corrected chi connectivity index (χ4v) is 2.15. The van der Waals surface area contributed by atoms with Gasteiger partial charge in [0.1, 0.15) is 5.82 Å². The molecule has 1 amide bonds. The molecule has 0 aliphatic heterocycles. The van der Waals surface area contributed by atoms with Gasteiger partial charge in [0.25, 0.3) is 0 Å². The van der Waals surface area contributed by atoms with Gasteiger partial charge in [-0.2, -0.15) is 0 Å². The first-order chi connectivity index (χ1) is 9.09. The van der Waals surface area contributed by atoms with Crippen molar-refractivity contribution in [1.29, 1.82) is 0 Å². The predicted molar refractivity (Wildman–Crippen MR) is 75.2 cm³/mol. The molecule has 0 spiro atoms. The Hall–Kier alpha value is -1.42. The molecule has 0 aliphatic rings. The lowest BCUT2D eigenvalue weighted by atomic mass is 9.81. The van der Waals surface area contributed by atoms with Gasteiger partial charge < -0.3 is 11.1 Å². The zero-order valence-corrected chi connectivity index (χ0v) is 11.7. The normalized spacial score (nSPS) is 11.4. The Morgan fingerprint density at radius 3 is 2.47 bits per heavy atom. The molecule has 3 N–H and O–H groups in total. The van der Waals surface area contributed by atoms with E-state index in [1.165, 1.54) is 6.07 Å². The number of nitrogens with two attached hydrogens (primary N) is 1. The second-order valence-corrected chi connectivity index (χ2v) is 4.79. The monoisotopic (exact) mass is 266 g/mol. The van der Waals surface area contributed by atoms with Crippen molar-refractivity contribution in [3.8, 4) is 0 Å². The van der Waals surface area contributed by atoms with E-state index in [2.05, 4.69) is 5.32 Å². The molecule has 0 heterocycles. The first kappa shape index (κ1) is 15.6. The van der Waals surface area contributed by atoms with Gasteiger partial charge in [0, 0.05) is 13.1 Å². The molecule has 0 aliphatic carbocycles. The van der Waals surface area contributed by atoms with Crippen molar-refractivity contribution in [2.24, 2.45) is 11.1 Å². The number of benzene rings is 1. The molecule has 0 fully saturated rings. The zero-order valence-electron chi connectivity index (χ0n) is 11.7. The van der Waals surface area contributed by atoms with Gasteiger partial charge in [-0.1, -0.05) is 32.0 Å². The summed E-state index contributed by atoms with van der Waals surface area (Å²) in [7, 11) is 0. The molecular weight excluding hydrogens is 243 g/mol. The van der Waals surface area contributed by atoms with Gasteiger partial charge in [-0.25, -0.2) is 4.39 Å².